The summed E-state index contributed by atoms with van der Waals surface area (Å²) in [5.41, 5.74) is 0. The van der Waals surface area contributed by atoms with Crippen molar-refractivity contribution in [2.45, 2.75) is 0 Å². The second-order valence-corrected chi connectivity index (χ2v) is 0.904. The zero-order chi connectivity index (χ0) is 4.24. The molecular formula is C4H10N3P. The maximum absolute atomic E-state index is 3.67. The van der Waals surface area contributed by atoms with Crippen LogP contribution in [0.25, 0.3) is 0 Å². The molecule has 0 aliphatic rings. The van der Waals surface area contributed by atoms with E-state index in [1.807, 2.05) is 0 Å². The first-order valence-corrected chi connectivity index (χ1v) is 1.70. The molecule has 0 aliphatic carbocycles. The van der Waals surface area contributed by atoms with E-state index in [-0.39, 0.29) is 16.0 Å². The highest BCUT2D eigenvalue weighted by Gasteiger charge is 1.59. The van der Waals surface area contributed by atoms with Crippen LogP contribution >= 0.6 is 9.90 Å². The molecule has 8 heavy (non-hydrogen) atoms. The third-order valence-electron chi connectivity index (χ3n) is 0.478. The number of nitrogens with zero attached hydrogens (tertiary/aromatic N) is 2. The van der Waals surface area contributed by atoms with Crippen LogP contribution in [0.5, 0.6) is 0 Å². The molecule has 4 heteroatoms. The summed E-state index contributed by atoms with van der Waals surface area (Å²) in [5, 5.41) is 0. The van der Waals surface area contributed by atoms with Crippen molar-refractivity contribution in [2.24, 2.45) is 0 Å². The van der Waals surface area contributed by atoms with E-state index in [0.717, 1.165) is 0 Å². The maximum atomic E-state index is 3.67. The average Bonchev–Trinajstić information content (AvgIpc) is 1.72. The van der Waals surface area contributed by atoms with Gasteiger partial charge in [0.05, 0.1) is 0 Å². The predicted molar refractivity (Wildman–Crippen MR) is 38.2 cm³/mol. The number of hydrogen-bond acceptors (Lipinski definition) is 3. The molecule has 0 amide bonds. The first kappa shape index (κ1) is 10.5. The lowest BCUT2D eigenvalue weighted by Crippen LogP contribution is -1.66. The summed E-state index contributed by atoms with van der Waals surface area (Å²) in [6.07, 6.45) is 4.88. The minimum Gasteiger partial charge on any atom is -0.344 e. The summed E-state index contributed by atoms with van der Waals surface area (Å²) in [4.78, 5) is 7.35. The third-order valence-corrected chi connectivity index (χ3v) is 0.478. The summed E-state index contributed by atoms with van der Waals surface area (Å²) in [5.74, 6) is 0. The van der Waals surface area contributed by atoms with Crippen LogP contribution in [0.2, 0.25) is 0 Å². The molecule has 1 unspecified atom stereocenters. The molecule has 3 N–H and O–H groups in total. The first-order chi connectivity index (χ1) is 3.00. The fraction of sp³-hybridized carbons (Fsp3) is 0. The Morgan fingerprint density at radius 3 is 1.62 bits per heavy atom. The molecule has 1 atom stereocenters. The molecule has 3 nitrogen and oxygen atoms in total. The Bertz CT molecular complexity index is 83.2. The lowest BCUT2D eigenvalue weighted by Gasteiger charge is -1.70. The van der Waals surface area contributed by atoms with Crippen LogP contribution in [-0.4, -0.2) is 9.97 Å². The van der Waals surface area contributed by atoms with E-state index in [0.29, 0.717) is 0 Å². The maximum Gasteiger partial charge on any atom is 0.115 e. The second-order valence-electron chi connectivity index (χ2n) is 0.904. The first-order valence-electron chi connectivity index (χ1n) is 1.70. The van der Waals surface area contributed by atoms with E-state index in [9.17, 15) is 0 Å². The Kier molecular flexibility index (Phi) is 8.45. The minimum absolute atomic E-state index is 0. The lowest BCUT2D eigenvalue weighted by molar-refractivity contribution is 1.17. The fourth-order valence-electron chi connectivity index (χ4n) is 0.253. The monoisotopic (exact) mass is 131 g/mol. The van der Waals surface area contributed by atoms with Crippen molar-refractivity contribution >= 4 is 9.90 Å². The molecule has 1 rings (SSSR count). The van der Waals surface area contributed by atoms with Gasteiger partial charge in [-0.1, -0.05) is 0 Å². The van der Waals surface area contributed by atoms with Crippen LogP contribution in [0.3, 0.4) is 0 Å². The van der Waals surface area contributed by atoms with E-state index in [1.54, 1.807) is 18.5 Å². The van der Waals surface area contributed by atoms with Gasteiger partial charge in [-0.3, -0.25) is 0 Å². The molecule has 1 aromatic heterocycles. The van der Waals surface area contributed by atoms with Crippen LogP contribution < -0.4 is 6.15 Å². The van der Waals surface area contributed by atoms with Crippen molar-refractivity contribution in [3.8, 4) is 0 Å². The van der Waals surface area contributed by atoms with Gasteiger partial charge in [-0.2, -0.15) is 9.90 Å². The SMILES string of the molecule is N.P.c1cncnc1. The zero-order valence-electron chi connectivity index (χ0n) is 4.62. The molecule has 0 spiro atoms. The van der Waals surface area contributed by atoms with Crippen LogP contribution in [0.4, 0.5) is 0 Å². The van der Waals surface area contributed by atoms with Crippen molar-refractivity contribution < 1.29 is 0 Å². The molecule has 1 aromatic rings. The van der Waals surface area contributed by atoms with Crippen molar-refractivity contribution in [1.82, 2.24) is 16.1 Å². The van der Waals surface area contributed by atoms with Crippen molar-refractivity contribution in [2.75, 3.05) is 0 Å². The van der Waals surface area contributed by atoms with E-state index in [1.165, 1.54) is 6.33 Å². The largest absolute Gasteiger partial charge is 0.344 e. The molecule has 0 aliphatic heterocycles. The topological polar surface area (TPSA) is 60.8 Å². The van der Waals surface area contributed by atoms with Gasteiger partial charge in [0.2, 0.25) is 0 Å². The molecule has 0 aromatic carbocycles. The lowest BCUT2D eigenvalue weighted by atomic mass is 10.7. The minimum atomic E-state index is 0. The molecule has 1 heterocycles. The van der Waals surface area contributed by atoms with Gasteiger partial charge in [-0.05, 0) is 6.07 Å². The second kappa shape index (κ2) is 6.47. The average molecular weight is 131 g/mol. The van der Waals surface area contributed by atoms with Gasteiger partial charge < -0.3 is 6.15 Å². The van der Waals surface area contributed by atoms with Crippen LogP contribution in [0, 0.1) is 0 Å². The molecule has 0 bridgehead atoms. The van der Waals surface area contributed by atoms with Gasteiger partial charge in [0.1, 0.15) is 6.33 Å². The zero-order valence-corrected chi connectivity index (χ0v) is 6.03. The van der Waals surface area contributed by atoms with Gasteiger partial charge in [0.15, 0.2) is 0 Å². The highest BCUT2D eigenvalue weighted by Crippen LogP contribution is 1.66. The smallest absolute Gasteiger partial charge is 0.115 e. The van der Waals surface area contributed by atoms with E-state index in [4.69, 9.17) is 0 Å². The van der Waals surface area contributed by atoms with E-state index >= 15 is 0 Å². The quantitative estimate of drug-likeness (QED) is 0.527. The van der Waals surface area contributed by atoms with Crippen LogP contribution in [-0.2, 0) is 0 Å². The van der Waals surface area contributed by atoms with Crippen LogP contribution in [0.15, 0.2) is 24.8 Å². The molecule has 46 valence electrons. The van der Waals surface area contributed by atoms with E-state index < -0.39 is 0 Å². The molecular weight excluding hydrogens is 121 g/mol. The van der Waals surface area contributed by atoms with Gasteiger partial charge in [0.25, 0.3) is 0 Å². The molecule has 0 saturated carbocycles. The Hall–Kier alpha value is -0.530. The fourth-order valence-corrected chi connectivity index (χ4v) is 0.253. The van der Waals surface area contributed by atoms with Crippen molar-refractivity contribution in [3.63, 3.8) is 0 Å². The standard InChI is InChI=1S/C4H4N2.H3N.H3P/c1-2-5-4-6-3-1;;/h1-4H;2*1H3. The van der Waals surface area contributed by atoms with Gasteiger partial charge in [-0.25, -0.2) is 9.97 Å². The van der Waals surface area contributed by atoms with Crippen molar-refractivity contribution in [1.29, 1.82) is 0 Å². The number of rotatable bonds is 0. The summed E-state index contributed by atoms with van der Waals surface area (Å²) in [6.45, 7) is 0. The molecule has 0 saturated heterocycles. The Morgan fingerprint density at radius 2 is 1.50 bits per heavy atom. The number of hydrogen-bond donors (Lipinski definition) is 1. The van der Waals surface area contributed by atoms with Gasteiger partial charge in [-0.15, -0.1) is 0 Å². The summed E-state index contributed by atoms with van der Waals surface area (Å²) < 4.78 is 0. The Labute approximate surface area is 51.8 Å². The Balaban J connectivity index is 0. The summed E-state index contributed by atoms with van der Waals surface area (Å²) >= 11 is 0. The summed E-state index contributed by atoms with van der Waals surface area (Å²) in [7, 11) is 0. The molecule has 0 radical (unpaired) electrons. The highest BCUT2D eigenvalue weighted by molar-refractivity contribution is 6.92. The van der Waals surface area contributed by atoms with Gasteiger partial charge in [0, 0.05) is 12.4 Å². The van der Waals surface area contributed by atoms with E-state index in [2.05, 4.69) is 9.97 Å². The Morgan fingerprint density at radius 1 is 1.00 bits per heavy atom. The van der Waals surface area contributed by atoms with Crippen LogP contribution in [0.1, 0.15) is 0 Å². The van der Waals surface area contributed by atoms with Gasteiger partial charge >= 0.3 is 0 Å². The summed E-state index contributed by atoms with van der Waals surface area (Å²) in [6, 6.07) is 1.78. The van der Waals surface area contributed by atoms with Crippen molar-refractivity contribution in [3.05, 3.63) is 24.8 Å². The number of aromatic nitrogens is 2. The predicted octanol–water partition coefficient (Wildman–Crippen LogP) is 0.697. The highest BCUT2D eigenvalue weighted by atomic mass is 31.0. The normalized spacial score (nSPS) is 6.00. The molecule has 0 fully saturated rings. The third kappa shape index (κ3) is 3.65.